The fraction of sp³-hybridized carbons (Fsp3) is 0.562. The molecular formula is C16H26IN3O2. The topological polar surface area (TPSA) is 71.1 Å². The standard InChI is InChI=1S/C16H25N3O2.HI/c1-21-14-8-6-7-13(15(14)20)9-10-18-16(17)19-11-4-2-3-5-12-19;/h6-8,20H,2-5,9-12H2,1H3,(H2,17,18);1H. The van der Waals surface area contributed by atoms with Crippen molar-refractivity contribution in [2.75, 3.05) is 26.7 Å². The number of benzene rings is 1. The second kappa shape index (κ2) is 9.76. The fourth-order valence-corrected chi connectivity index (χ4v) is 2.62. The molecule has 0 radical (unpaired) electrons. The maximum atomic E-state index is 10.0. The zero-order valence-electron chi connectivity index (χ0n) is 13.1. The van der Waals surface area contributed by atoms with Gasteiger partial charge >= 0.3 is 0 Å². The molecule has 6 heteroatoms. The summed E-state index contributed by atoms with van der Waals surface area (Å²) >= 11 is 0. The fourth-order valence-electron chi connectivity index (χ4n) is 2.62. The van der Waals surface area contributed by atoms with E-state index in [4.69, 9.17) is 10.5 Å². The molecule has 1 fully saturated rings. The molecule has 1 heterocycles. The minimum Gasteiger partial charge on any atom is -0.504 e. The smallest absolute Gasteiger partial charge is 0.191 e. The Labute approximate surface area is 149 Å². The first kappa shape index (κ1) is 18.9. The van der Waals surface area contributed by atoms with E-state index in [9.17, 15) is 5.11 Å². The van der Waals surface area contributed by atoms with Gasteiger partial charge in [-0.3, -0.25) is 4.99 Å². The van der Waals surface area contributed by atoms with Gasteiger partial charge in [0.15, 0.2) is 17.5 Å². The van der Waals surface area contributed by atoms with E-state index in [1.54, 1.807) is 13.2 Å². The van der Waals surface area contributed by atoms with Crippen LogP contribution in [0.15, 0.2) is 23.2 Å². The van der Waals surface area contributed by atoms with Gasteiger partial charge in [0, 0.05) is 19.6 Å². The Morgan fingerprint density at radius 3 is 2.59 bits per heavy atom. The maximum absolute atomic E-state index is 10.0. The summed E-state index contributed by atoms with van der Waals surface area (Å²) in [5.41, 5.74) is 6.90. The second-order valence-corrected chi connectivity index (χ2v) is 5.36. The monoisotopic (exact) mass is 419 g/mol. The summed E-state index contributed by atoms with van der Waals surface area (Å²) in [5.74, 6) is 1.32. The third-order valence-corrected chi connectivity index (χ3v) is 3.89. The Kier molecular flexibility index (Phi) is 8.37. The quantitative estimate of drug-likeness (QED) is 0.448. The molecule has 2 rings (SSSR count). The summed E-state index contributed by atoms with van der Waals surface area (Å²) in [5, 5.41) is 10.0. The number of nitrogens with two attached hydrogens (primary N) is 1. The van der Waals surface area contributed by atoms with Gasteiger partial charge in [-0.1, -0.05) is 25.0 Å². The molecule has 0 atom stereocenters. The van der Waals surface area contributed by atoms with Crippen LogP contribution in [0, 0.1) is 0 Å². The summed E-state index contributed by atoms with van der Waals surface area (Å²) < 4.78 is 5.10. The van der Waals surface area contributed by atoms with E-state index in [1.165, 1.54) is 25.7 Å². The summed E-state index contributed by atoms with van der Waals surface area (Å²) in [6.07, 6.45) is 5.58. The molecule has 1 aromatic carbocycles. The largest absolute Gasteiger partial charge is 0.504 e. The lowest BCUT2D eigenvalue weighted by Crippen LogP contribution is -2.38. The lowest BCUT2D eigenvalue weighted by molar-refractivity contribution is 0.370. The van der Waals surface area contributed by atoms with Gasteiger partial charge in [-0.05, 0) is 30.9 Å². The van der Waals surface area contributed by atoms with Crippen LogP contribution in [-0.4, -0.2) is 42.7 Å². The Morgan fingerprint density at radius 2 is 1.95 bits per heavy atom. The predicted octanol–water partition coefficient (Wildman–Crippen LogP) is 2.75. The number of rotatable bonds is 4. The lowest BCUT2D eigenvalue weighted by atomic mass is 10.1. The van der Waals surface area contributed by atoms with Crippen LogP contribution in [0.1, 0.15) is 31.2 Å². The highest BCUT2D eigenvalue weighted by atomic mass is 127. The Bertz CT molecular complexity index is 486. The van der Waals surface area contributed by atoms with Crippen LogP contribution in [0.25, 0.3) is 0 Å². The number of nitrogens with zero attached hydrogens (tertiary/aromatic N) is 2. The van der Waals surface area contributed by atoms with Crippen LogP contribution in [0.2, 0.25) is 0 Å². The van der Waals surface area contributed by atoms with Gasteiger partial charge in [0.05, 0.1) is 7.11 Å². The van der Waals surface area contributed by atoms with Crippen molar-refractivity contribution >= 4 is 29.9 Å². The summed E-state index contributed by atoms with van der Waals surface area (Å²) in [7, 11) is 1.55. The van der Waals surface area contributed by atoms with E-state index in [1.807, 2.05) is 12.1 Å². The van der Waals surface area contributed by atoms with Crippen LogP contribution in [0.3, 0.4) is 0 Å². The molecule has 0 saturated carbocycles. The average Bonchev–Trinajstić information content (AvgIpc) is 2.78. The van der Waals surface area contributed by atoms with Gasteiger partial charge in [-0.15, -0.1) is 24.0 Å². The number of ether oxygens (including phenoxy) is 1. The molecule has 1 aromatic rings. The van der Waals surface area contributed by atoms with Crippen molar-refractivity contribution in [3.8, 4) is 11.5 Å². The van der Waals surface area contributed by atoms with Gasteiger partial charge in [-0.25, -0.2) is 0 Å². The highest BCUT2D eigenvalue weighted by Crippen LogP contribution is 2.29. The van der Waals surface area contributed by atoms with Gasteiger partial charge < -0.3 is 20.5 Å². The molecule has 0 bridgehead atoms. The number of likely N-dealkylation sites (tertiary alicyclic amines) is 1. The van der Waals surface area contributed by atoms with Crippen molar-refractivity contribution in [1.29, 1.82) is 0 Å². The van der Waals surface area contributed by atoms with Crippen LogP contribution in [-0.2, 0) is 6.42 Å². The van der Waals surface area contributed by atoms with E-state index in [0.717, 1.165) is 18.7 Å². The number of aliphatic imine (C=N–C) groups is 1. The predicted molar refractivity (Wildman–Crippen MR) is 100 cm³/mol. The van der Waals surface area contributed by atoms with Gasteiger partial charge in [0.1, 0.15) is 0 Å². The van der Waals surface area contributed by atoms with Gasteiger partial charge in [0.2, 0.25) is 0 Å². The third-order valence-electron chi connectivity index (χ3n) is 3.89. The first-order valence-electron chi connectivity index (χ1n) is 7.62. The summed E-state index contributed by atoms with van der Waals surface area (Å²) in [4.78, 5) is 6.61. The molecule has 0 aliphatic carbocycles. The van der Waals surface area contributed by atoms with Gasteiger partial charge in [-0.2, -0.15) is 0 Å². The molecule has 124 valence electrons. The second-order valence-electron chi connectivity index (χ2n) is 5.36. The van der Waals surface area contributed by atoms with E-state index >= 15 is 0 Å². The number of hydrogen-bond donors (Lipinski definition) is 2. The molecule has 3 N–H and O–H groups in total. The van der Waals surface area contributed by atoms with Crippen molar-refractivity contribution in [2.45, 2.75) is 32.1 Å². The molecule has 1 aliphatic heterocycles. The number of guanidine groups is 1. The highest BCUT2D eigenvalue weighted by molar-refractivity contribution is 14.0. The zero-order valence-corrected chi connectivity index (χ0v) is 15.5. The molecule has 1 aliphatic rings. The van der Waals surface area contributed by atoms with Crippen molar-refractivity contribution in [2.24, 2.45) is 10.7 Å². The zero-order chi connectivity index (χ0) is 15.1. The molecular weight excluding hydrogens is 393 g/mol. The maximum Gasteiger partial charge on any atom is 0.191 e. The number of methoxy groups -OCH3 is 1. The minimum atomic E-state index is 0. The Balaban J connectivity index is 0.00000242. The third kappa shape index (κ3) is 5.23. The molecule has 0 spiro atoms. The first-order chi connectivity index (χ1) is 10.2. The SMILES string of the molecule is COc1cccc(CCN=C(N)N2CCCCCC2)c1O.I. The normalized spacial score (nSPS) is 15.9. The number of aromatic hydroxyl groups is 1. The number of phenols is 1. The number of phenolic OH excluding ortho intramolecular Hbond substituents is 1. The van der Waals surface area contributed by atoms with E-state index in [-0.39, 0.29) is 29.7 Å². The molecule has 0 unspecified atom stereocenters. The van der Waals surface area contributed by atoms with Crippen LogP contribution in [0.4, 0.5) is 0 Å². The lowest BCUT2D eigenvalue weighted by Gasteiger charge is -2.21. The Morgan fingerprint density at radius 1 is 1.27 bits per heavy atom. The summed E-state index contributed by atoms with van der Waals surface area (Å²) in [6, 6.07) is 5.50. The van der Waals surface area contributed by atoms with Crippen molar-refractivity contribution in [1.82, 2.24) is 4.90 Å². The average molecular weight is 419 g/mol. The van der Waals surface area contributed by atoms with E-state index in [2.05, 4.69) is 9.89 Å². The molecule has 0 aromatic heterocycles. The van der Waals surface area contributed by atoms with Crippen molar-refractivity contribution in [3.05, 3.63) is 23.8 Å². The molecule has 22 heavy (non-hydrogen) atoms. The van der Waals surface area contributed by atoms with Crippen LogP contribution < -0.4 is 10.5 Å². The molecule has 5 nitrogen and oxygen atoms in total. The highest BCUT2D eigenvalue weighted by Gasteiger charge is 2.11. The van der Waals surface area contributed by atoms with E-state index < -0.39 is 0 Å². The van der Waals surface area contributed by atoms with Crippen molar-refractivity contribution < 1.29 is 9.84 Å². The molecule has 0 amide bonds. The van der Waals surface area contributed by atoms with Crippen LogP contribution >= 0.6 is 24.0 Å². The van der Waals surface area contributed by atoms with E-state index in [0.29, 0.717) is 24.7 Å². The number of hydrogen-bond acceptors (Lipinski definition) is 3. The minimum absolute atomic E-state index is 0. The van der Waals surface area contributed by atoms with Gasteiger partial charge in [0.25, 0.3) is 0 Å². The Hall–Kier alpha value is -1.18. The first-order valence-corrected chi connectivity index (χ1v) is 7.62. The summed E-state index contributed by atoms with van der Waals surface area (Å²) in [6.45, 7) is 2.57. The molecule has 1 saturated heterocycles. The van der Waals surface area contributed by atoms with Crippen molar-refractivity contribution in [3.63, 3.8) is 0 Å². The van der Waals surface area contributed by atoms with Crippen LogP contribution in [0.5, 0.6) is 11.5 Å². The number of para-hydroxylation sites is 1. The number of halogens is 1.